The first kappa shape index (κ1) is 15.0. The second kappa shape index (κ2) is 6.39. The molecule has 20 heavy (non-hydrogen) atoms. The molecule has 1 fully saturated rings. The zero-order valence-electron chi connectivity index (χ0n) is 12.9. The predicted octanol–water partition coefficient (Wildman–Crippen LogP) is 1.62. The van der Waals surface area contributed by atoms with Crippen molar-refractivity contribution in [2.45, 2.75) is 45.2 Å². The molecule has 1 aromatic rings. The smallest absolute Gasteiger partial charge is 0.242 e. The summed E-state index contributed by atoms with van der Waals surface area (Å²) < 4.78 is 1.72. The lowest BCUT2D eigenvalue weighted by molar-refractivity contribution is -0.124. The fourth-order valence-electron chi connectivity index (χ4n) is 3.09. The van der Waals surface area contributed by atoms with Crippen LogP contribution in [-0.4, -0.2) is 28.8 Å². The van der Waals surface area contributed by atoms with Crippen molar-refractivity contribution in [1.82, 2.24) is 20.4 Å². The van der Waals surface area contributed by atoms with E-state index in [2.05, 4.69) is 29.6 Å². The van der Waals surface area contributed by atoms with E-state index in [9.17, 15) is 4.79 Å². The Bertz CT molecular complexity index is 456. The minimum Gasteiger partial charge on any atom is -0.351 e. The van der Waals surface area contributed by atoms with Gasteiger partial charge in [0.2, 0.25) is 5.91 Å². The second-order valence-corrected chi connectivity index (χ2v) is 6.05. The Morgan fingerprint density at radius 3 is 2.80 bits per heavy atom. The van der Waals surface area contributed by atoms with Gasteiger partial charge in [-0.3, -0.25) is 9.48 Å². The number of carbonyl (C=O) groups is 1. The highest BCUT2D eigenvalue weighted by atomic mass is 16.2. The van der Waals surface area contributed by atoms with Gasteiger partial charge in [-0.2, -0.15) is 5.10 Å². The fraction of sp³-hybridized carbons (Fsp3) is 0.733. The van der Waals surface area contributed by atoms with Gasteiger partial charge in [0.15, 0.2) is 0 Å². The third-order valence-electron chi connectivity index (χ3n) is 4.64. The number of likely N-dealkylation sites (N-methyl/N-ethyl adjacent to an activating group) is 1. The van der Waals surface area contributed by atoms with E-state index < -0.39 is 0 Å². The van der Waals surface area contributed by atoms with E-state index in [1.165, 1.54) is 12.8 Å². The maximum absolute atomic E-state index is 12.5. The van der Waals surface area contributed by atoms with Crippen molar-refractivity contribution in [3.63, 3.8) is 0 Å². The summed E-state index contributed by atoms with van der Waals surface area (Å²) in [7, 11) is 3.67. The van der Waals surface area contributed by atoms with Gasteiger partial charge in [0.25, 0.3) is 0 Å². The summed E-state index contributed by atoms with van der Waals surface area (Å²) in [5.74, 6) is 1.27. The molecule has 0 bridgehead atoms. The molecule has 0 saturated heterocycles. The summed E-state index contributed by atoms with van der Waals surface area (Å²) in [5.41, 5.74) is 0.906. The molecular formula is C15H26N4O. The number of nitrogens with one attached hydrogen (secondary N) is 2. The van der Waals surface area contributed by atoms with E-state index in [1.807, 2.05) is 20.3 Å². The first-order valence-corrected chi connectivity index (χ1v) is 7.49. The number of aromatic nitrogens is 2. The first-order valence-electron chi connectivity index (χ1n) is 7.49. The fourth-order valence-corrected chi connectivity index (χ4v) is 3.09. The summed E-state index contributed by atoms with van der Waals surface area (Å²) in [6, 6.07) is -0.0353. The van der Waals surface area contributed by atoms with E-state index in [0.29, 0.717) is 17.9 Å². The highest BCUT2D eigenvalue weighted by molar-refractivity contribution is 5.83. The molecule has 1 heterocycles. The van der Waals surface area contributed by atoms with Crippen molar-refractivity contribution < 1.29 is 4.79 Å². The van der Waals surface area contributed by atoms with Crippen LogP contribution in [0.25, 0.3) is 0 Å². The molecule has 2 rings (SSSR count). The maximum Gasteiger partial charge on any atom is 0.242 e. The Kier molecular flexibility index (Phi) is 4.81. The van der Waals surface area contributed by atoms with Crippen LogP contribution in [0.1, 0.15) is 44.7 Å². The van der Waals surface area contributed by atoms with Gasteiger partial charge < -0.3 is 10.6 Å². The Balaban J connectivity index is 2.02. The SMILES string of the molecule is CNC(C(=O)NC1CCCC(C)C1C)c1cnn(C)c1. The van der Waals surface area contributed by atoms with Gasteiger partial charge in [-0.05, 0) is 25.3 Å². The minimum absolute atomic E-state index is 0.0476. The molecule has 1 aromatic heterocycles. The lowest BCUT2D eigenvalue weighted by Gasteiger charge is -2.35. The van der Waals surface area contributed by atoms with E-state index >= 15 is 0 Å². The molecule has 0 aliphatic heterocycles. The summed E-state index contributed by atoms with van der Waals surface area (Å²) in [4.78, 5) is 12.5. The number of hydrogen-bond acceptors (Lipinski definition) is 3. The van der Waals surface area contributed by atoms with E-state index in [4.69, 9.17) is 0 Å². The normalized spacial score (nSPS) is 28.1. The van der Waals surface area contributed by atoms with Gasteiger partial charge in [-0.25, -0.2) is 0 Å². The van der Waals surface area contributed by atoms with Gasteiger partial charge in [0.05, 0.1) is 6.20 Å². The molecule has 0 aromatic carbocycles. The van der Waals surface area contributed by atoms with Crippen molar-refractivity contribution in [3.8, 4) is 0 Å². The third-order valence-corrected chi connectivity index (χ3v) is 4.64. The van der Waals surface area contributed by atoms with Crippen LogP contribution in [0.3, 0.4) is 0 Å². The molecule has 112 valence electrons. The molecule has 1 saturated carbocycles. The molecule has 1 aliphatic rings. The average molecular weight is 278 g/mol. The van der Waals surface area contributed by atoms with Crippen LogP contribution in [0.2, 0.25) is 0 Å². The van der Waals surface area contributed by atoms with Crippen LogP contribution in [0, 0.1) is 11.8 Å². The van der Waals surface area contributed by atoms with Crippen LogP contribution in [0.4, 0.5) is 0 Å². The number of rotatable bonds is 4. The molecule has 4 atom stereocenters. The monoisotopic (exact) mass is 278 g/mol. The molecule has 2 N–H and O–H groups in total. The second-order valence-electron chi connectivity index (χ2n) is 6.05. The Labute approximate surface area is 121 Å². The van der Waals surface area contributed by atoms with Crippen molar-refractivity contribution >= 4 is 5.91 Å². The van der Waals surface area contributed by atoms with Gasteiger partial charge >= 0.3 is 0 Å². The van der Waals surface area contributed by atoms with Crippen LogP contribution in [0.15, 0.2) is 12.4 Å². The molecule has 4 unspecified atom stereocenters. The number of carbonyl (C=O) groups excluding carboxylic acids is 1. The van der Waals surface area contributed by atoms with Crippen molar-refractivity contribution in [2.24, 2.45) is 18.9 Å². The van der Waals surface area contributed by atoms with Gasteiger partial charge in [0.1, 0.15) is 6.04 Å². The van der Waals surface area contributed by atoms with Crippen molar-refractivity contribution in [1.29, 1.82) is 0 Å². The Morgan fingerprint density at radius 1 is 1.45 bits per heavy atom. The predicted molar refractivity (Wildman–Crippen MR) is 79.1 cm³/mol. The standard InChI is InChI=1S/C15H26N4O/c1-10-6-5-7-13(11(10)2)18-15(20)14(16-3)12-8-17-19(4)9-12/h8-11,13-14,16H,5-7H2,1-4H3,(H,18,20). The molecule has 1 amide bonds. The Hall–Kier alpha value is -1.36. The summed E-state index contributed by atoms with van der Waals surface area (Å²) in [5, 5.41) is 10.4. The first-order chi connectivity index (χ1) is 9.52. The topological polar surface area (TPSA) is 59.0 Å². The zero-order valence-corrected chi connectivity index (χ0v) is 12.9. The zero-order chi connectivity index (χ0) is 14.7. The third kappa shape index (κ3) is 3.20. The highest BCUT2D eigenvalue weighted by Gasteiger charge is 2.30. The maximum atomic E-state index is 12.5. The van der Waals surface area contributed by atoms with Gasteiger partial charge in [-0.1, -0.05) is 26.7 Å². The molecule has 5 nitrogen and oxygen atoms in total. The number of amides is 1. The molecule has 0 radical (unpaired) electrons. The average Bonchev–Trinajstić information content (AvgIpc) is 2.82. The summed E-state index contributed by atoms with van der Waals surface area (Å²) >= 11 is 0. The summed E-state index contributed by atoms with van der Waals surface area (Å²) in [6.45, 7) is 4.52. The quantitative estimate of drug-likeness (QED) is 0.880. The summed E-state index contributed by atoms with van der Waals surface area (Å²) in [6.07, 6.45) is 7.18. The Morgan fingerprint density at radius 2 is 2.20 bits per heavy atom. The molecule has 1 aliphatic carbocycles. The molecule has 5 heteroatoms. The van der Waals surface area contributed by atoms with Crippen molar-refractivity contribution in [3.05, 3.63) is 18.0 Å². The van der Waals surface area contributed by atoms with E-state index in [0.717, 1.165) is 12.0 Å². The van der Waals surface area contributed by atoms with Crippen LogP contribution < -0.4 is 10.6 Å². The minimum atomic E-state index is -0.326. The van der Waals surface area contributed by atoms with Gasteiger partial charge in [0, 0.05) is 24.8 Å². The lowest BCUT2D eigenvalue weighted by Crippen LogP contribution is -2.47. The molecular weight excluding hydrogens is 252 g/mol. The highest BCUT2D eigenvalue weighted by Crippen LogP contribution is 2.29. The number of nitrogens with zero attached hydrogens (tertiary/aromatic N) is 2. The molecule has 0 spiro atoms. The van der Waals surface area contributed by atoms with Gasteiger partial charge in [-0.15, -0.1) is 0 Å². The van der Waals surface area contributed by atoms with E-state index in [1.54, 1.807) is 10.9 Å². The van der Waals surface area contributed by atoms with Crippen LogP contribution in [-0.2, 0) is 11.8 Å². The largest absolute Gasteiger partial charge is 0.351 e. The van der Waals surface area contributed by atoms with Crippen LogP contribution >= 0.6 is 0 Å². The lowest BCUT2D eigenvalue weighted by atomic mass is 9.78. The number of hydrogen-bond donors (Lipinski definition) is 2. The number of aryl methyl sites for hydroxylation is 1. The van der Waals surface area contributed by atoms with E-state index in [-0.39, 0.29) is 11.9 Å². The van der Waals surface area contributed by atoms with Crippen molar-refractivity contribution in [2.75, 3.05) is 7.05 Å². The van der Waals surface area contributed by atoms with Crippen LogP contribution in [0.5, 0.6) is 0 Å².